The maximum absolute atomic E-state index is 8.89. The third-order valence-corrected chi connectivity index (χ3v) is 2.02. The zero-order chi connectivity index (χ0) is 9.68. The van der Waals surface area contributed by atoms with Gasteiger partial charge >= 0.3 is 0 Å². The molecule has 0 aliphatic carbocycles. The number of aliphatic hydroxyl groups is 1. The summed E-state index contributed by atoms with van der Waals surface area (Å²) in [6, 6.07) is 0. The molecule has 1 rings (SSSR count). The van der Waals surface area contributed by atoms with Crippen LogP contribution in [0.15, 0.2) is 6.33 Å². The lowest BCUT2D eigenvalue weighted by Crippen LogP contribution is -2.03. The van der Waals surface area contributed by atoms with Crippen molar-refractivity contribution in [2.75, 3.05) is 0 Å². The molecule has 1 aromatic rings. The minimum Gasteiger partial charge on any atom is -0.388 e. The molecule has 4 nitrogen and oxygen atoms in total. The molecule has 0 spiro atoms. The fourth-order valence-electron chi connectivity index (χ4n) is 1.26. The number of nitrogens with zero attached hydrogens (tertiary/aromatic N) is 3. The van der Waals surface area contributed by atoms with E-state index in [2.05, 4.69) is 24.0 Å². The molecule has 0 aliphatic rings. The highest BCUT2D eigenvalue weighted by Crippen LogP contribution is 2.06. The van der Waals surface area contributed by atoms with Crippen molar-refractivity contribution >= 4 is 0 Å². The minimum absolute atomic E-state index is 0.0261. The van der Waals surface area contributed by atoms with Gasteiger partial charge in [0.15, 0.2) is 5.82 Å². The summed E-state index contributed by atoms with van der Waals surface area (Å²) < 4.78 is 1.91. The molecule has 4 heteroatoms. The Morgan fingerprint density at radius 3 is 2.92 bits per heavy atom. The Bertz CT molecular complexity index is 245. The van der Waals surface area contributed by atoms with E-state index >= 15 is 0 Å². The van der Waals surface area contributed by atoms with Crippen LogP contribution < -0.4 is 0 Å². The largest absolute Gasteiger partial charge is 0.388 e. The summed E-state index contributed by atoms with van der Waals surface area (Å²) in [5, 5.41) is 16.4. The van der Waals surface area contributed by atoms with Crippen LogP contribution >= 0.6 is 0 Å². The van der Waals surface area contributed by atoms with E-state index in [0.717, 1.165) is 18.9 Å². The minimum atomic E-state index is -0.0261. The molecule has 0 radical (unpaired) electrons. The Kier molecular flexibility index (Phi) is 3.89. The quantitative estimate of drug-likeness (QED) is 0.746. The van der Waals surface area contributed by atoms with Crippen LogP contribution in [0.1, 0.15) is 32.5 Å². The number of hydrogen-bond acceptors (Lipinski definition) is 3. The van der Waals surface area contributed by atoms with Crippen molar-refractivity contribution in [3.63, 3.8) is 0 Å². The lowest BCUT2D eigenvalue weighted by molar-refractivity contribution is 0.263. The molecule has 1 aromatic heterocycles. The van der Waals surface area contributed by atoms with Crippen LogP contribution in [0, 0.1) is 5.92 Å². The van der Waals surface area contributed by atoms with Crippen LogP contribution in [0.25, 0.3) is 0 Å². The zero-order valence-electron chi connectivity index (χ0n) is 8.27. The molecule has 1 heterocycles. The van der Waals surface area contributed by atoms with Gasteiger partial charge in [-0.1, -0.05) is 13.8 Å². The first kappa shape index (κ1) is 10.2. The van der Waals surface area contributed by atoms with Crippen molar-refractivity contribution in [1.29, 1.82) is 0 Å². The number of aliphatic hydroxyl groups excluding tert-OH is 1. The lowest BCUT2D eigenvalue weighted by atomic mass is 10.1. The van der Waals surface area contributed by atoms with Gasteiger partial charge in [0.05, 0.1) is 0 Å². The summed E-state index contributed by atoms with van der Waals surface area (Å²) in [6.07, 6.45) is 3.98. The maximum atomic E-state index is 8.89. The molecule has 0 bridgehead atoms. The topological polar surface area (TPSA) is 50.9 Å². The molecule has 0 aromatic carbocycles. The molecule has 0 atom stereocenters. The molecule has 0 saturated carbocycles. The van der Waals surface area contributed by atoms with Gasteiger partial charge in [-0.2, -0.15) is 0 Å². The Hall–Kier alpha value is -0.900. The highest BCUT2D eigenvalue weighted by molar-refractivity contribution is 4.81. The highest BCUT2D eigenvalue weighted by Gasteiger charge is 2.02. The van der Waals surface area contributed by atoms with E-state index in [-0.39, 0.29) is 6.61 Å². The number of aromatic nitrogens is 3. The van der Waals surface area contributed by atoms with Crippen molar-refractivity contribution in [2.24, 2.45) is 5.92 Å². The molecule has 74 valence electrons. The van der Waals surface area contributed by atoms with Gasteiger partial charge in [0.2, 0.25) is 0 Å². The molecule has 0 amide bonds. The average Bonchev–Trinajstić information content (AvgIpc) is 2.51. The second kappa shape index (κ2) is 4.97. The molecular weight excluding hydrogens is 166 g/mol. The van der Waals surface area contributed by atoms with E-state index in [0.29, 0.717) is 5.82 Å². The summed E-state index contributed by atoms with van der Waals surface area (Å²) in [4.78, 5) is 0. The third kappa shape index (κ3) is 3.14. The van der Waals surface area contributed by atoms with Gasteiger partial charge in [-0.25, -0.2) is 0 Å². The lowest BCUT2D eigenvalue weighted by Gasteiger charge is -2.06. The van der Waals surface area contributed by atoms with E-state index in [1.165, 1.54) is 6.42 Å². The first-order valence-corrected chi connectivity index (χ1v) is 4.71. The first-order valence-electron chi connectivity index (χ1n) is 4.71. The summed E-state index contributed by atoms with van der Waals surface area (Å²) in [7, 11) is 0. The van der Waals surface area contributed by atoms with E-state index in [1.54, 1.807) is 6.33 Å². The summed E-state index contributed by atoms with van der Waals surface area (Å²) in [6.45, 7) is 5.29. The molecule has 0 saturated heterocycles. The van der Waals surface area contributed by atoms with Crippen molar-refractivity contribution in [2.45, 2.75) is 39.8 Å². The summed E-state index contributed by atoms with van der Waals surface area (Å²) in [5.41, 5.74) is 0. The Balaban J connectivity index is 2.36. The van der Waals surface area contributed by atoms with Crippen molar-refractivity contribution < 1.29 is 5.11 Å². The number of hydrogen-bond donors (Lipinski definition) is 1. The van der Waals surface area contributed by atoms with Crippen molar-refractivity contribution in [3.8, 4) is 0 Å². The van der Waals surface area contributed by atoms with Crippen molar-refractivity contribution in [1.82, 2.24) is 14.8 Å². The van der Waals surface area contributed by atoms with Gasteiger partial charge < -0.3 is 9.67 Å². The Morgan fingerprint density at radius 1 is 1.54 bits per heavy atom. The fourth-order valence-corrected chi connectivity index (χ4v) is 1.26. The summed E-state index contributed by atoms with van der Waals surface area (Å²) in [5.74, 6) is 1.39. The van der Waals surface area contributed by atoms with Gasteiger partial charge in [0, 0.05) is 6.54 Å². The first-order chi connectivity index (χ1) is 6.24. The zero-order valence-corrected chi connectivity index (χ0v) is 8.27. The van der Waals surface area contributed by atoms with Gasteiger partial charge in [-0.05, 0) is 18.8 Å². The van der Waals surface area contributed by atoms with Gasteiger partial charge in [-0.15, -0.1) is 10.2 Å². The molecule has 13 heavy (non-hydrogen) atoms. The number of aryl methyl sites for hydroxylation is 1. The normalized spacial score (nSPS) is 11.1. The van der Waals surface area contributed by atoms with Crippen LogP contribution in [0.4, 0.5) is 0 Å². The van der Waals surface area contributed by atoms with E-state index in [9.17, 15) is 0 Å². The van der Waals surface area contributed by atoms with E-state index in [1.807, 2.05) is 4.57 Å². The average molecular weight is 183 g/mol. The SMILES string of the molecule is CC(C)CCCn1cnnc1CO. The molecule has 0 fully saturated rings. The monoisotopic (exact) mass is 183 g/mol. The van der Waals surface area contributed by atoms with Crippen molar-refractivity contribution in [3.05, 3.63) is 12.2 Å². The van der Waals surface area contributed by atoms with Crippen LogP contribution in [0.2, 0.25) is 0 Å². The maximum Gasteiger partial charge on any atom is 0.158 e. The smallest absolute Gasteiger partial charge is 0.158 e. The van der Waals surface area contributed by atoms with Crippen LogP contribution in [-0.4, -0.2) is 19.9 Å². The predicted octanol–water partition coefficient (Wildman–Crippen LogP) is 1.21. The van der Waals surface area contributed by atoms with Crippen LogP contribution in [0.5, 0.6) is 0 Å². The molecule has 0 unspecified atom stereocenters. The summed E-state index contributed by atoms with van der Waals surface area (Å²) >= 11 is 0. The van der Waals surface area contributed by atoms with Gasteiger partial charge in [0.25, 0.3) is 0 Å². The highest BCUT2D eigenvalue weighted by atomic mass is 16.3. The fraction of sp³-hybridized carbons (Fsp3) is 0.778. The molecular formula is C9H17N3O. The van der Waals surface area contributed by atoms with E-state index < -0.39 is 0 Å². The van der Waals surface area contributed by atoms with Gasteiger partial charge in [0.1, 0.15) is 12.9 Å². The van der Waals surface area contributed by atoms with Crippen LogP contribution in [0.3, 0.4) is 0 Å². The second-order valence-electron chi connectivity index (χ2n) is 3.63. The second-order valence-corrected chi connectivity index (χ2v) is 3.63. The Labute approximate surface area is 78.6 Å². The molecule has 0 aliphatic heterocycles. The third-order valence-electron chi connectivity index (χ3n) is 2.02. The molecule has 1 N–H and O–H groups in total. The Morgan fingerprint density at radius 2 is 2.31 bits per heavy atom. The standard InChI is InChI=1S/C9H17N3O/c1-8(2)4-3-5-12-7-10-11-9(12)6-13/h7-8,13H,3-6H2,1-2H3. The predicted molar refractivity (Wildman–Crippen MR) is 50.0 cm³/mol. The van der Waals surface area contributed by atoms with Gasteiger partial charge in [-0.3, -0.25) is 0 Å². The van der Waals surface area contributed by atoms with Crippen LogP contribution in [-0.2, 0) is 13.2 Å². The van der Waals surface area contributed by atoms with E-state index in [4.69, 9.17) is 5.11 Å². The number of rotatable bonds is 5.